The standard InChI is InChI=1S/C24H32ClN3O3/c1-5-21-22(23(29)27-13-7-8-17(15-27)24(30)31-6-2)20(14-16(3)4)26-28(21)19-11-9-18(25)10-12-19/h9-12,16-17H,5-8,13-15H2,1-4H3. The van der Waals surface area contributed by atoms with Gasteiger partial charge in [0, 0.05) is 18.1 Å². The molecule has 1 aromatic heterocycles. The van der Waals surface area contributed by atoms with E-state index < -0.39 is 0 Å². The van der Waals surface area contributed by atoms with E-state index in [-0.39, 0.29) is 17.8 Å². The number of aromatic nitrogens is 2. The first-order chi connectivity index (χ1) is 14.8. The van der Waals surface area contributed by atoms with Crippen molar-refractivity contribution < 1.29 is 14.3 Å². The number of hydrogen-bond donors (Lipinski definition) is 0. The second-order valence-corrected chi connectivity index (χ2v) is 8.89. The Labute approximate surface area is 189 Å². The predicted molar refractivity (Wildman–Crippen MR) is 122 cm³/mol. The van der Waals surface area contributed by atoms with Crippen LogP contribution < -0.4 is 0 Å². The van der Waals surface area contributed by atoms with Gasteiger partial charge < -0.3 is 9.64 Å². The minimum Gasteiger partial charge on any atom is -0.466 e. The van der Waals surface area contributed by atoms with Crippen molar-refractivity contribution in [3.8, 4) is 5.69 Å². The van der Waals surface area contributed by atoms with Crippen LogP contribution in [0.5, 0.6) is 0 Å². The Balaban J connectivity index is 1.98. The summed E-state index contributed by atoms with van der Waals surface area (Å²) in [6.45, 7) is 9.49. The van der Waals surface area contributed by atoms with E-state index in [9.17, 15) is 9.59 Å². The molecule has 2 aromatic rings. The van der Waals surface area contributed by atoms with E-state index in [4.69, 9.17) is 21.4 Å². The number of esters is 1. The van der Waals surface area contributed by atoms with Gasteiger partial charge >= 0.3 is 5.97 Å². The molecule has 6 nitrogen and oxygen atoms in total. The largest absolute Gasteiger partial charge is 0.466 e. The number of likely N-dealkylation sites (tertiary alicyclic amines) is 1. The van der Waals surface area contributed by atoms with Crippen LogP contribution in [-0.2, 0) is 22.4 Å². The van der Waals surface area contributed by atoms with Gasteiger partial charge in [0.25, 0.3) is 5.91 Å². The molecule has 1 unspecified atom stereocenters. The lowest BCUT2D eigenvalue weighted by molar-refractivity contribution is -0.149. The van der Waals surface area contributed by atoms with Crippen molar-refractivity contribution in [1.29, 1.82) is 0 Å². The maximum atomic E-state index is 13.7. The Morgan fingerprint density at radius 1 is 1.23 bits per heavy atom. The van der Waals surface area contributed by atoms with E-state index in [2.05, 4.69) is 13.8 Å². The Bertz CT molecular complexity index is 921. The number of ether oxygens (including phenoxy) is 1. The number of nitrogens with zero attached hydrogens (tertiary/aromatic N) is 3. The Hall–Kier alpha value is -2.34. The lowest BCUT2D eigenvalue weighted by Gasteiger charge is -2.31. The van der Waals surface area contributed by atoms with Gasteiger partial charge in [-0.1, -0.05) is 32.4 Å². The lowest BCUT2D eigenvalue weighted by atomic mass is 9.96. The van der Waals surface area contributed by atoms with Gasteiger partial charge in [0.15, 0.2) is 0 Å². The zero-order valence-electron chi connectivity index (χ0n) is 18.9. The molecule has 0 saturated carbocycles. The molecule has 1 atom stereocenters. The van der Waals surface area contributed by atoms with Crippen LogP contribution in [0.2, 0.25) is 5.02 Å². The monoisotopic (exact) mass is 445 g/mol. The third kappa shape index (κ3) is 5.29. The molecule has 1 fully saturated rings. The first-order valence-corrected chi connectivity index (χ1v) is 11.6. The molecule has 0 bridgehead atoms. The van der Waals surface area contributed by atoms with E-state index >= 15 is 0 Å². The van der Waals surface area contributed by atoms with Gasteiger partial charge in [-0.15, -0.1) is 0 Å². The van der Waals surface area contributed by atoms with Crippen LogP contribution in [0.4, 0.5) is 0 Å². The lowest BCUT2D eigenvalue weighted by Crippen LogP contribution is -2.43. The number of carbonyl (C=O) groups is 2. The molecule has 31 heavy (non-hydrogen) atoms. The number of piperidine rings is 1. The molecule has 1 aliphatic rings. The van der Waals surface area contributed by atoms with Crippen molar-refractivity contribution in [3.05, 3.63) is 46.2 Å². The van der Waals surface area contributed by atoms with Crippen LogP contribution >= 0.6 is 11.6 Å². The van der Waals surface area contributed by atoms with E-state index in [0.717, 1.165) is 29.9 Å². The average molecular weight is 446 g/mol. The highest BCUT2D eigenvalue weighted by atomic mass is 35.5. The van der Waals surface area contributed by atoms with Crippen molar-refractivity contribution in [2.45, 2.75) is 53.4 Å². The number of rotatable bonds is 7. The SMILES string of the molecule is CCOC(=O)C1CCCN(C(=O)c2c(CC(C)C)nn(-c3ccc(Cl)cc3)c2CC)C1. The summed E-state index contributed by atoms with van der Waals surface area (Å²) in [5.74, 6) is -0.155. The van der Waals surface area contributed by atoms with Crippen LogP contribution in [0.3, 0.4) is 0 Å². The highest BCUT2D eigenvalue weighted by Crippen LogP contribution is 2.27. The highest BCUT2D eigenvalue weighted by Gasteiger charge is 2.33. The maximum Gasteiger partial charge on any atom is 0.310 e. The summed E-state index contributed by atoms with van der Waals surface area (Å²) in [7, 11) is 0. The van der Waals surface area contributed by atoms with Crippen LogP contribution in [0.25, 0.3) is 5.69 Å². The molecule has 1 aromatic carbocycles. The molecule has 0 spiro atoms. The fraction of sp³-hybridized carbons (Fsp3) is 0.542. The molecular weight excluding hydrogens is 414 g/mol. The summed E-state index contributed by atoms with van der Waals surface area (Å²) in [5.41, 5.74) is 3.26. The van der Waals surface area contributed by atoms with E-state index in [0.29, 0.717) is 49.0 Å². The number of benzene rings is 1. The molecule has 0 radical (unpaired) electrons. The summed E-state index contributed by atoms with van der Waals surface area (Å²) >= 11 is 6.06. The summed E-state index contributed by atoms with van der Waals surface area (Å²) < 4.78 is 7.07. The third-order valence-corrected chi connectivity index (χ3v) is 5.86. The van der Waals surface area contributed by atoms with Crippen LogP contribution in [-0.4, -0.2) is 46.3 Å². The minimum atomic E-state index is -0.261. The van der Waals surface area contributed by atoms with Gasteiger partial charge in [-0.3, -0.25) is 9.59 Å². The van der Waals surface area contributed by atoms with Gasteiger partial charge in [0.1, 0.15) is 0 Å². The average Bonchev–Trinajstić information content (AvgIpc) is 3.11. The minimum absolute atomic E-state index is 0.0401. The number of carbonyl (C=O) groups excluding carboxylic acids is 2. The quantitative estimate of drug-likeness (QED) is 0.579. The van der Waals surface area contributed by atoms with Gasteiger partial charge in [-0.2, -0.15) is 5.10 Å². The van der Waals surface area contributed by atoms with Gasteiger partial charge in [-0.25, -0.2) is 4.68 Å². The van der Waals surface area contributed by atoms with Crippen molar-refractivity contribution in [1.82, 2.24) is 14.7 Å². The molecule has 2 heterocycles. The molecular formula is C24H32ClN3O3. The second-order valence-electron chi connectivity index (χ2n) is 8.45. The fourth-order valence-electron chi connectivity index (χ4n) is 4.17. The van der Waals surface area contributed by atoms with Crippen LogP contribution in [0.1, 0.15) is 62.3 Å². The summed E-state index contributed by atoms with van der Waals surface area (Å²) in [5, 5.41) is 5.51. The van der Waals surface area contributed by atoms with Crippen molar-refractivity contribution >= 4 is 23.5 Å². The van der Waals surface area contributed by atoms with Crippen LogP contribution in [0.15, 0.2) is 24.3 Å². The topological polar surface area (TPSA) is 64.4 Å². The summed E-state index contributed by atoms with van der Waals surface area (Å²) in [6.07, 6.45) is 2.93. The normalized spacial score (nSPS) is 16.6. The molecule has 1 saturated heterocycles. The van der Waals surface area contributed by atoms with E-state index in [1.807, 2.05) is 35.9 Å². The van der Waals surface area contributed by atoms with E-state index in [1.165, 1.54) is 0 Å². The fourth-order valence-corrected chi connectivity index (χ4v) is 4.30. The molecule has 0 aliphatic carbocycles. The Kier molecular flexibility index (Phi) is 7.76. The maximum absolute atomic E-state index is 13.7. The molecule has 3 rings (SSSR count). The van der Waals surface area contributed by atoms with Gasteiger partial charge in [0.05, 0.1) is 35.2 Å². The third-order valence-electron chi connectivity index (χ3n) is 5.60. The summed E-state index contributed by atoms with van der Waals surface area (Å²) in [4.78, 5) is 27.8. The highest BCUT2D eigenvalue weighted by molar-refractivity contribution is 6.30. The number of amides is 1. The zero-order chi connectivity index (χ0) is 22.5. The van der Waals surface area contributed by atoms with Crippen LogP contribution in [0, 0.1) is 11.8 Å². The molecule has 1 amide bonds. The smallest absolute Gasteiger partial charge is 0.310 e. The Morgan fingerprint density at radius 3 is 2.55 bits per heavy atom. The van der Waals surface area contributed by atoms with Crippen molar-refractivity contribution in [3.63, 3.8) is 0 Å². The second kappa shape index (κ2) is 10.3. The Morgan fingerprint density at radius 2 is 1.94 bits per heavy atom. The molecule has 0 N–H and O–H groups in total. The van der Waals surface area contributed by atoms with Gasteiger partial charge in [-0.05, 0) is 62.8 Å². The molecule has 1 aliphatic heterocycles. The zero-order valence-corrected chi connectivity index (χ0v) is 19.6. The number of hydrogen-bond acceptors (Lipinski definition) is 4. The predicted octanol–water partition coefficient (Wildman–Crippen LogP) is 4.70. The molecule has 168 valence electrons. The first-order valence-electron chi connectivity index (χ1n) is 11.2. The molecule has 7 heteroatoms. The summed E-state index contributed by atoms with van der Waals surface area (Å²) in [6, 6.07) is 7.49. The first kappa shape index (κ1) is 23.3. The van der Waals surface area contributed by atoms with Gasteiger partial charge in [0.2, 0.25) is 0 Å². The van der Waals surface area contributed by atoms with Crippen molar-refractivity contribution in [2.24, 2.45) is 11.8 Å². The van der Waals surface area contributed by atoms with Crippen molar-refractivity contribution in [2.75, 3.05) is 19.7 Å². The number of halogens is 1. The van der Waals surface area contributed by atoms with E-state index in [1.54, 1.807) is 11.8 Å².